The number of hydrogen-bond acceptors (Lipinski definition) is 7. The lowest BCUT2D eigenvalue weighted by Crippen LogP contribution is -2.43. The second-order valence-electron chi connectivity index (χ2n) is 10.6. The quantitative estimate of drug-likeness (QED) is 0.161. The van der Waals surface area contributed by atoms with Gasteiger partial charge < -0.3 is 30.1 Å². The van der Waals surface area contributed by atoms with E-state index < -0.39 is 24.0 Å². The van der Waals surface area contributed by atoms with Crippen molar-refractivity contribution < 1.29 is 56.5 Å². The Bertz CT molecular complexity index is 1580. The van der Waals surface area contributed by atoms with E-state index in [4.69, 9.17) is 24.5 Å². The number of methoxy groups -OCH3 is 1. The Kier molecular flexibility index (Phi) is 13.2. The predicted octanol–water partition coefficient (Wildman–Crippen LogP) is 4.41. The number of hydrogen-bond donors (Lipinski definition) is 3. The van der Waals surface area contributed by atoms with Crippen molar-refractivity contribution in [3.8, 4) is 5.75 Å². The highest BCUT2D eigenvalue weighted by atomic mass is 19.4. The number of carboxylic acids is 2. The zero-order valence-corrected chi connectivity index (χ0v) is 25.7. The molecule has 0 atom stereocenters. The Labute approximate surface area is 272 Å². The molecule has 1 fully saturated rings. The van der Waals surface area contributed by atoms with Crippen LogP contribution in [-0.2, 0) is 20.9 Å². The molecule has 3 aromatic rings. The van der Waals surface area contributed by atoms with Crippen LogP contribution in [0.15, 0.2) is 72.8 Å². The van der Waals surface area contributed by atoms with E-state index in [0.717, 1.165) is 0 Å². The van der Waals surface area contributed by atoms with Crippen LogP contribution in [0.4, 0.5) is 23.2 Å². The van der Waals surface area contributed by atoms with Crippen LogP contribution >= 0.6 is 0 Å². The Morgan fingerprint density at radius 2 is 1.44 bits per heavy atom. The van der Waals surface area contributed by atoms with Gasteiger partial charge in [0.2, 0.25) is 0 Å². The zero-order chi connectivity index (χ0) is 35.4. The Hall–Kier alpha value is -5.31. The summed E-state index contributed by atoms with van der Waals surface area (Å²) in [6.45, 7) is 1.83. The molecule has 11 nitrogen and oxygen atoms in total. The maximum atomic E-state index is 13.7. The third kappa shape index (κ3) is 10.6. The van der Waals surface area contributed by atoms with Gasteiger partial charge in [-0.25, -0.2) is 14.0 Å². The van der Waals surface area contributed by atoms with E-state index in [1.807, 2.05) is 5.32 Å². The molecule has 0 radical (unpaired) electrons. The molecule has 2 amide bonds. The number of piperidine rings is 1. The van der Waals surface area contributed by atoms with Gasteiger partial charge in [-0.2, -0.15) is 13.2 Å². The molecular formula is C33H33F4N3O8. The number of Topliss-reactive ketones (excluding diaryl/α,β-unsaturated/α-hetero) is 1. The molecule has 15 heteroatoms. The van der Waals surface area contributed by atoms with Gasteiger partial charge in [-0.05, 0) is 80.0 Å². The first-order chi connectivity index (χ1) is 22.7. The van der Waals surface area contributed by atoms with Crippen LogP contribution in [-0.4, -0.2) is 84.1 Å². The van der Waals surface area contributed by atoms with Gasteiger partial charge in [0, 0.05) is 36.7 Å². The number of amides is 2. The fraction of sp³-hybridized carbons (Fsp3) is 0.303. The van der Waals surface area contributed by atoms with Crippen LogP contribution in [0.5, 0.6) is 5.75 Å². The molecular weight excluding hydrogens is 642 g/mol. The van der Waals surface area contributed by atoms with E-state index in [-0.39, 0.29) is 30.0 Å². The molecule has 3 aromatic carbocycles. The number of ether oxygens (including phenoxy) is 1. The van der Waals surface area contributed by atoms with Gasteiger partial charge in [0.25, 0.3) is 5.91 Å². The maximum absolute atomic E-state index is 13.7. The number of likely N-dealkylation sites (tertiary alicyclic amines) is 1. The summed E-state index contributed by atoms with van der Waals surface area (Å²) in [6.07, 6.45) is -3.69. The molecule has 0 saturated carbocycles. The molecule has 48 heavy (non-hydrogen) atoms. The summed E-state index contributed by atoms with van der Waals surface area (Å²) < 4.78 is 56.2. The molecule has 1 saturated heterocycles. The van der Waals surface area contributed by atoms with E-state index in [2.05, 4.69) is 4.90 Å². The number of halogens is 4. The van der Waals surface area contributed by atoms with Gasteiger partial charge in [-0.15, -0.1) is 0 Å². The Morgan fingerprint density at radius 1 is 0.875 bits per heavy atom. The molecule has 1 heterocycles. The van der Waals surface area contributed by atoms with E-state index >= 15 is 0 Å². The minimum absolute atomic E-state index is 0.00175. The second kappa shape index (κ2) is 17.0. The van der Waals surface area contributed by atoms with E-state index in [0.29, 0.717) is 67.1 Å². The number of carboxylic acid groups (broad SMARTS) is 2. The highest BCUT2D eigenvalue weighted by Crippen LogP contribution is 2.30. The first kappa shape index (κ1) is 37.2. The Balaban J connectivity index is 0.000000952. The molecule has 1 aliphatic heterocycles. The summed E-state index contributed by atoms with van der Waals surface area (Å²) in [7, 11) is 1.51. The van der Waals surface area contributed by atoms with Gasteiger partial charge in [0.15, 0.2) is 5.78 Å². The van der Waals surface area contributed by atoms with E-state index in [9.17, 15) is 31.9 Å². The van der Waals surface area contributed by atoms with Crippen LogP contribution in [0, 0.1) is 11.7 Å². The van der Waals surface area contributed by atoms with Crippen molar-refractivity contribution in [2.75, 3.05) is 38.2 Å². The number of rotatable bonds is 10. The van der Waals surface area contributed by atoms with Crippen molar-refractivity contribution in [3.05, 3.63) is 95.3 Å². The van der Waals surface area contributed by atoms with Crippen molar-refractivity contribution in [2.45, 2.75) is 25.6 Å². The van der Waals surface area contributed by atoms with Crippen LogP contribution in [0.3, 0.4) is 0 Å². The molecule has 0 unspecified atom stereocenters. The lowest BCUT2D eigenvalue weighted by atomic mass is 9.89. The number of nitrogens with one attached hydrogen (secondary N) is 1. The van der Waals surface area contributed by atoms with Crippen LogP contribution < -0.4 is 15.0 Å². The summed E-state index contributed by atoms with van der Waals surface area (Å²) in [5.74, 6) is -6.05. The molecule has 0 spiro atoms. The normalized spacial score (nSPS) is 13.4. The largest absolute Gasteiger partial charge is 0.495 e. The monoisotopic (exact) mass is 675 g/mol. The standard InChI is InChI=1S/C31H31F4N3O4.C2H2O4/c1-42-27-5-3-2-4-26(27)38(29(40)24-8-6-21(7-9-24)20-36-30(41)31(33,34)35)19-18-37-16-14-23(15-17-37)28(39)22-10-12-25(32)13-11-22;3-1(4)2(5)6/h2-13,23H,14-20H2,1H3,(H,36,41);(H,3,4)(H,5,6). The van der Waals surface area contributed by atoms with E-state index in [1.54, 1.807) is 29.2 Å². The molecule has 256 valence electrons. The van der Waals surface area contributed by atoms with Crippen LogP contribution in [0.25, 0.3) is 0 Å². The number of benzene rings is 3. The summed E-state index contributed by atoms with van der Waals surface area (Å²) >= 11 is 0. The van der Waals surface area contributed by atoms with Gasteiger partial charge in [-0.3, -0.25) is 14.4 Å². The third-order valence-electron chi connectivity index (χ3n) is 7.44. The highest BCUT2D eigenvalue weighted by molar-refractivity contribution is 6.27. The molecule has 0 aliphatic carbocycles. The van der Waals surface area contributed by atoms with Crippen molar-refractivity contribution in [3.63, 3.8) is 0 Å². The number of aliphatic carboxylic acids is 2. The van der Waals surface area contributed by atoms with E-state index in [1.165, 1.54) is 55.6 Å². The predicted molar refractivity (Wildman–Crippen MR) is 164 cm³/mol. The van der Waals surface area contributed by atoms with Gasteiger partial charge in [-0.1, -0.05) is 24.3 Å². The number of nitrogens with zero attached hydrogens (tertiary/aromatic N) is 2. The van der Waals surface area contributed by atoms with Crippen molar-refractivity contribution in [1.29, 1.82) is 0 Å². The topological polar surface area (TPSA) is 154 Å². The number of ketones is 1. The maximum Gasteiger partial charge on any atom is 0.471 e. The molecule has 4 rings (SSSR count). The lowest BCUT2D eigenvalue weighted by molar-refractivity contribution is -0.173. The smallest absolute Gasteiger partial charge is 0.471 e. The number of carbonyl (C=O) groups excluding carboxylic acids is 3. The summed E-state index contributed by atoms with van der Waals surface area (Å²) in [5.41, 5.74) is 1.78. The fourth-order valence-electron chi connectivity index (χ4n) is 4.90. The lowest BCUT2D eigenvalue weighted by Gasteiger charge is -2.33. The van der Waals surface area contributed by atoms with Gasteiger partial charge in [0.1, 0.15) is 11.6 Å². The molecule has 3 N–H and O–H groups in total. The summed E-state index contributed by atoms with van der Waals surface area (Å²) in [4.78, 5) is 59.6. The molecule has 1 aliphatic rings. The minimum atomic E-state index is -4.97. The number of anilines is 1. The minimum Gasteiger partial charge on any atom is -0.495 e. The van der Waals surface area contributed by atoms with Crippen LogP contribution in [0.1, 0.15) is 39.1 Å². The Morgan fingerprint density at radius 3 is 1.98 bits per heavy atom. The zero-order valence-electron chi connectivity index (χ0n) is 25.7. The molecule has 0 aromatic heterocycles. The highest BCUT2D eigenvalue weighted by Gasteiger charge is 2.38. The summed E-state index contributed by atoms with van der Waals surface area (Å²) in [6, 6.07) is 18.7. The fourth-order valence-corrected chi connectivity index (χ4v) is 4.90. The third-order valence-corrected chi connectivity index (χ3v) is 7.44. The average molecular weight is 676 g/mol. The number of carbonyl (C=O) groups is 5. The molecule has 0 bridgehead atoms. The SMILES string of the molecule is COc1ccccc1N(CCN1CCC(C(=O)c2ccc(F)cc2)CC1)C(=O)c1ccc(CNC(=O)C(F)(F)F)cc1.O=C(O)C(=O)O. The van der Waals surface area contributed by atoms with Crippen molar-refractivity contribution >= 4 is 35.2 Å². The van der Waals surface area contributed by atoms with Crippen molar-refractivity contribution in [2.24, 2.45) is 5.92 Å². The second-order valence-corrected chi connectivity index (χ2v) is 10.6. The van der Waals surface area contributed by atoms with Gasteiger partial charge >= 0.3 is 24.0 Å². The average Bonchev–Trinajstić information content (AvgIpc) is 3.07. The number of para-hydroxylation sites is 2. The first-order valence-electron chi connectivity index (χ1n) is 14.6. The van der Waals surface area contributed by atoms with Crippen LogP contribution in [0.2, 0.25) is 0 Å². The van der Waals surface area contributed by atoms with Gasteiger partial charge in [0.05, 0.1) is 12.8 Å². The van der Waals surface area contributed by atoms with Crippen molar-refractivity contribution in [1.82, 2.24) is 10.2 Å². The summed E-state index contributed by atoms with van der Waals surface area (Å²) in [5, 5.41) is 16.6. The first-order valence-corrected chi connectivity index (χ1v) is 14.6. The number of alkyl halides is 3.